The summed E-state index contributed by atoms with van der Waals surface area (Å²) < 4.78 is 34.0. The minimum Gasteiger partial charge on any atom is -0.465 e. The zero-order chi connectivity index (χ0) is 22.7. The summed E-state index contributed by atoms with van der Waals surface area (Å²) in [5.41, 5.74) is 0.258. The van der Waals surface area contributed by atoms with Gasteiger partial charge in [0, 0.05) is 31.3 Å². The van der Waals surface area contributed by atoms with Crippen molar-refractivity contribution in [2.24, 2.45) is 16.7 Å². The van der Waals surface area contributed by atoms with Crippen molar-refractivity contribution in [2.75, 3.05) is 19.6 Å². The highest BCUT2D eigenvalue weighted by atomic mass is 32.2. The minimum absolute atomic E-state index is 0.00320. The highest BCUT2D eigenvalue weighted by molar-refractivity contribution is 7.90. The zero-order valence-electron chi connectivity index (χ0n) is 19.5. The van der Waals surface area contributed by atoms with E-state index in [-0.39, 0.29) is 17.2 Å². The number of fused-ring (bicyclic) bond motifs is 1. The molecular weight excluding hydrogens is 400 g/mol. The molecule has 0 spiro atoms. The number of furan rings is 1. The Morgan fingerprint density at radius 1 is 1.27 bits per heavy atom. The lowest BCUT2D eigenvalue weighted by molar-refractivity contribution is -0.123. The molecule has 0 fully saturated rings. The maximum atomic E-state index is 13.5. The third-order valence-corrected chi connectivity index (χ3v) is 7.09. The van der Waals surface area contributed by atoms with Gasteiger partial charge in [-0.1, -0.05) is 54.5 Å². The molecule has 30 heavy (non-hydrogen) atoms. The molecule has 1 atom stereocenters. The normalized spacial score (nSPS) is 17.4. The lowest BCUT2D eigenvalue weighted by atomic mass is 9.90. The lowest BCUT2D eigenvalue weighted by Crippen LogP contribution is -2.49. The molecule has 0 aliphatic heterocycles. The second kappa shape index (κ2) is 9.27. The average molecular weight is 439 g/mol. The smallest absolute Gasteiger partial charge is 0.220 e. The first kappa shape index (κ1) is 24.7. The van der Waals surface area contributed by atoms with Crippen molar-refractivity contribution in [2.45, 2.75) is 66.6 Å². The van der Waals surface area contributed by atoms with Crippen molar-refractivity contribution in [1.29, 1.82) is 0 Å². The molecule has 7 heteroatoms. The number of hydrogen-bond donors (Lipinski definition) is 1. The zero-order valence-corrected chi connectivity index (χ0v) is 20.3. The minimum atomic E-state index is -3.55. The molecule has 1 aromatic heterocycles. The van der Waals surface area contributed by atoms with Crippen LogP contribution in [0, 0.1) is 16.7 Å². The van der Waals surface area contributed by atoms with E-state index >= 15 is 0 Å². The Balaban J connectivity index is 2.15. The van der Waals surface area contributed by atoms with Gasteiger partial charge in [-0.3, -0.25) is 4.79 Å². The van der Waals surface area contributed by atoms with Gasteiger partial charge in [-0.25, -0.2) is 12.7 Å². The molecule has 1 aromatic rings. The van der Waals surface area contributed by atoms with Crippen LogP contribution in [0.4, 0.5) is 0 Å². The summed E-state index contributed by atoms with van der Waals surface area (Å²) in [6.07, 6.45) is 6.07. The van der Waals surface area contributed by atoms with E-state index in [0.717, 1.165) is 10.6 Å². The third-order valence-electron chi connectivity index (χ3n) is 5.00. The predicted molar refractivity (Wildman–Crippen MR) is 121 cm³/mol. The number of amides is 1. The van der Waals surface area contributed by atoms with E-state index in [1.807, 2.05) is 54.5 Å². The van der Waals surface area contributed by atoms with E-state index in [1.54, 1.807) is 22.7 Å². The third kappa shape index (κ3) is 6.98. The summed E-state index contributed by atoms with van der Waals surface area (Å²) >= 11 is 0. The Kier molecular flexibility index (Phi) is 7.62. The molecule has 170 valence electrons. The van der Waals surface area contributed by atoms with Gasteiger partial charge in [-0.15, -0.1) is 0 Å². The Morgan fingerprint density at radius 2 is 1.93 bits per heavy atom. The summed E-state index contributed by atoms with van der Waals surface area (Å²) in [6, 6.07) is 1.80. The van der Waals surface area contributed by atoms with Gasteiger partial charge >= 0.3 is 0 Å². The summed E-state index contributed by atoms with van der Waals surface area (Å²) in [7, 11) is -3.55. The van der Waals surface area contributed by atoms with Crippen LogP contribution in [0.15, 0.2) is 16.7 Å². The van der Waals surface area contributed by atoms with Crippen LogP contribution in [0.5, 0.6) is 0 Å². The number of nitrogens with zero attached hydrogens (tertiary/aromatic N) is 1. The molecule has 1 N–H and O–H groups in total. The topological polar surface area (TPSA) is 79.6 Å². The molecule has 1 aliphatic rings. The standard InChI is InChI=1S/C23H38N2O4S/c1-17(2)14-25(16-23(6,7)15-24-21(26)13-22(3,4)5)30(27,28)19-8-9-20-18(12-19)10-11-29-20/h9-12,17,19H,8,13-16H2,1-7H3,(H,24,26). The molecule has 1 heterocycles. The van der Waals surface area contributed by atoms with Crippen LogP contribution >= 0.6 is 0 Å². The van der Waals surface area contributed by atoms with E-state index < -0.39 is 20.7 Å². The number of hydrogen-bond acceptors (Lipinski definition) is 4. The first-order valence-electron chi connectivity index (χ1n) is 10.7. The predicted octanol–water partition coefficient (Wildman–Crippen LogP) is 2.48. The Bertz CT molecular complexity index is 952. The number of sulfonamides is 1. The summed E-state index contributed by atoms with van der Waals surface area (Å²) in [6.45, 7) is 15.3. The highest BCUT2D eigenvalue weighted by Crippen LogP contribution is 2.24. The maximum absolute atomic E-state index is 13.5. The van der Waals surface area contributed by atoms with Gasteiger partial charge in [0.15, 0.2) is 0 Å². The molecule has 0 radical (unpaired) electrons. The average Bonchev–Trinajstić information content (AvgIpc) is 3.05. The molecule has 1 aliphatic carbocycles. The quantitative estimate of drug-likeness (QED) is 0.642. The Hall–Kier alpha value is -1.60. The van der Waals surface area contributed by atoms with Crippen molar-refractivity contribution in [3.8, 4) is 0 Å². The van der Waals surface area contributed by atoms with Gasteiger partial charge < -0.3 is 9.73 Å². The van der Waals surface area contributed by atoms with Gasteiger partial charge in [0.1, 0.15) is 5.42 Å². The second-order valence-electron chi connectivity index (χ2n) is 10.8. The molecular formula is C23H38N2O4S. The summed E-state index contributed by atoms with van der Waals surface area (Å²) in [5.74, 6) is 0.194. The molecule has 1 amide bonds. The van der Waals surface area contributed by atoms with Crippen molar-refractivity contribution in [1.82, 2.24) is 9.62 Å². The van der Waals surface area contributed by atoms with Crippen LogP contribution in [0.1, 0.15) is 61.3 Å². The van der Waals surface area contributed by atoms with Gasteiger partial charge in [0.05, 0.1) is 11.5 Å². The number of carbonyl (C=O) groups is 1. The largest absolute Gasteiger partial charge is 0.465 e. The van der Waals surface area contributed by atoms with E-state index in [0.29, 0.717) is 32.5 Å². The first-order valence-corrected chi connectivity index (χ1v) is 12.2. The molecule has 6 nitrogen and oxygen atoms in total. The molecule has 2 rings (SSSR count). The van der Waals surface area contributed by atoms with E-state index in [2.05, 4.69) is 5.32 Å². The number of nitrogens with one attached hydrogen (secondary N) is 1. The molecule has 1 unspecified atom stereocenters. The Morgan fingerprint density at radius 3 is 2.53 bits per heavy atom. The van der Waals surface area contributed by atoms with Crippen LogP contribution in [-0.2, 0) is 14.8 Å². The Labute approximate surface area is 181 Å². The van der Waals surface area contributed by atoms with Gasteiger partial charge in [0.2, 0.25) is 15.9 Å². The monoisotopic (exact) mass is 438 g/mol. The van der Waals surface area contributed by atoms with Crippen LogP contribution in [0.2, 0.25) is 0 Å². The van der Waals surface area contributed by atoms with E-state index in [4.69, 9.17) is 4.42 Å². The van der Waals surface area contributed by atoms with Crippen LogP contribution in [-0.4, -0.2) is 43.5 Å². The number of carbonyl (C=O) groups excluding carboxylic acids is 1. The van der Waals surface area contributed by atoms with Crippen molar-refractivity contribution in [3.05, 3.63) is 23.0 Å². The SMILES string of the molecule is CC(C)CN(CC(C)(C)CNC(=O)CC(C)(C)C)S(=O)(=O)C1C=c2ccoc2=CC1. The fourth-order valence-corrected chi connectivity index (χ4v) is 5.68. The lowest BCUT2D eigenvalue weighted by Gasteiger charge is -2.35. The van der Waals surface area contributed by atoms with E-state index in [9.17, 15) is 13.2 Å². The van der Waals surface area contributed by atoms with Crippen molar-refractivity contribution >= 4 is 28.1 Å². The van der Waals surface area contributed by atoms with E-state index in [1.165, 1.54) is 0 Å². The molecule has 0 bridgehead atoms. The van der Waals surface area contributed by atoms with Crippen LogP contribution < -0.4 is 16.0 Å². The van der Waals surface area contributed by atoms with Crippen molar-refractivity contribution in [3.63, 3.8) is 0 Å². The van der Waals surface area contributed by atoms with Gasteiger partial charge in [-0.05, 0) is 35.3 Å². The van der Waals surface area contributed by atoms with Gasteiger partial charge in [-0.2, -0.15) is 0 Å². The number of rotatable bonds is 9. The van der Waals surface area contributed by atoms with Crippen molar-refractivity contribution < 1.29 is 17.6 Å². The second-order valence-corrected chi connectivity index (χ2v) is 12.9. The van der Waals surface area contributed by atoms with Gasteiger partial charge in [0.25, 0.3) is 0 Å². The highest BCUT2D eigenvalue weighted by Gasteiger charge is 2.35. The first-order chi connectivity index (χ1) is 13.7. The van der Waals surface area contributed by atoms with Crippen LogP contribution in [0.3, 0.4) is 0 Å². The van der Waals surface area contributed by atoms with Crippen LogP contribution in [0.25, 0.3) is 12.2 Å². The molecule has 0 saturated heterocycles. The summed E-state index contributed by atoms with van der Waals surface area (Å²) in [4.78, 5) is 12.2. The maximum Gasteiger partial charge on any atom is 0.220 e. The summed E-state index contributed by atoms with van der Waals surface area (Å²) in [5, 5.41) is 3.21. The molecule has 0 aromatic carbocycles. The molecule has 0 saturated carbocycles. The fourth-order valence-electron chi connectivity index (χ4n) is 3.61. The fraction of sp³-hybridized carbons (Fsp3) is 0.696.